The largest absolute Gasteiger partial charge is 0.344 e. The zero-order valence-electron chi connectivity index (χ0n) is 15.7. The van der Waals surface area contributed by atoms with Crippen LogP contribution in [-0.2, 0) is 12.3 Å². The molecule has 1 rings (SSSR count). The molecule has 1 aromatic carbocycles. The molecule has 0 aliphatic carbocycles. The lowest BCUT2D eigenvalue weighted by Gasteiger charge is -2.13. The van der Waals surface area contributed by atoms with Crippen LogP contribution >= 0.6 is 11.6 Å². The summed E-state index contributed by atoms with van der Waals surface area (Å²) in [5.41, 5.74) is 5.69. The molecule has 0 amide bonds. The van der Waals surface area contributed by atoms with Crippen molar-refractivity contribution in [3.05, 3.63) is 34.4 Å². The molecule has 0 unspecified atom stereocenters. The number of benzene rings is 1. The highest BCUT2D eigenvalue weighted by molar-refractivity contribution is 6.17. The van der Waals surface area contributed by atoms with Crippen molar-refractivity contribution in [2.45, 2.75) is 97.3 Å². The summed E-state index contributed by atoms with van der Waals surface area (Å²) >= 11 is 6.09. The van der Waals surface area contributed by atoms with Crippen molar-refractivity contribution < 1.29 is 0 Å². The number of alkyl halides is 1. The Morgan fingerprint density at radius 1 is 0.783 bits per heavy atom. The van der Waals surface area contributed by atoms with Crippen LogP contribution < -0.4 is 6.15 Å². The summed E-state index contributed by atoms with van der Waals surface area (Å²) in [7, 11) is 0. The first kappa shape index (κ1) is 22.5. The van der Waals surface area contributed by atoms with Crippen LogP contribution in [0.2, 0.25) is 0 Å². The second kappa shape index (κ2) is 13.9. The summed E-state index contributed by atoms with van der Waals surface area (Å²) in [5, 5.41) is 0. The van der Waals surface area contributed by atoms with E-state index in [9.17, 15) is 0 Å². The Morgan fingerprint density at radius 2 is 1.30 bits per heavy atom. The summed E-state index contributed by atoms with van der Waals surface area (Å²) in [5.74, 6) is 0.647. The quantitative estimate of drug-likeness (QED) is 0.307. The molecule has 0 fully saturated rings. The average Bonchev–Trinajstić information content (AvgIpc) is 2.53. The second-order valence-corrected chi connectivity index (χ2v) is 6.98. The Bertz CT molecular complexity index is 415. The first-order valence-corrected chi connectivity index (χ1v) is 9.88. The van der Waals surface area contributed by atoms with Crippen molar-refractivity contribution in [3.8, 4) is 0 Å². The van der Waals surface area contributed by atoms with Crippen molar-refractivity contribution in [2.24, 2.45) is 0 Å². The molecule has 2 heteroatoms. The third-order valence-corrected chi connectivity index (χ3v) is 5.18. The van der Waals surface area contributed by atoms with E-state index in [-0.39, 0.29) is 6.15 Å². The van der Waals surface area contributed by atoms with Gasteiger partial charge in [0.2, 0.25) is 0 Å². The first-order chi connectivity index (χ1) is 10.7. The summed E-state index contributed by atoms with van der Waals surface area (Å²) in [6.07, 6.45) is 15.2. The lowest BCUT2D eigenvalue weighted by atomic mass is 9.94. The average molecular weight is 340 g/mol. The molecule has 1 aromatic rings. The maximum Gasteiger partial charge on any atom is 0.0476 e. The van der Waals surface area contributed by atoms with E-state index < -0.39 is 0 Å². The fourth-order valence-corrected chi connectivity index (χ4v) is 3.44. The van der Waals surface area contributed by atoms with Gasteiger partial charge in [0.25, 0.3) is 0 Å². The fraction of sp³-hybridized carbons (Fsp3) is 0.714. The predicted molar refractivity (Wildman–Crippen MR) is 106 cm³/mol. The van der Waals surface area contributed by atoms with E-state index >= 15 is 0 Å². The van der Waals surface area contributed by atoms with E-state index in [2.05, 4.69) is 32.9 Å². The van der Waals surface area contributed by atoms with E-state index in [0.29, 0.717) is 5.88 Å². The second-order valence-electron chi connectivity index (χ2n) is 6.71. The predicted octanol–water partition coefficient (Wildman–Crippen LogP) is 7.67. The molecule has 0 saturated carbocycles. The molecule has 1 nitrogen and oxygen atoms in total. The van der Waals surface area contributed by atoms with E-state index in [1.165, 1.54) is 92.9 Å². The van der Waals surface area contributed by atoms with Crippen LogP contribution in [-0.4, -0.2) is 0 Å². The van der Waals surface area contributed by atoms with Crippen LogP contribution in [0.5, 0.6) is 0 Å². The minimum atomic E-state index is 0. The van der Waals surface area contributed by atoms with Crippen LogP contribution in [0.4, 0.5) is 0 Å². The number of unbranched alkanes of at least 4 members (excludes halogenated alkanes) is 9. The minimum absolute atomic E-state index is 0. The molecule has 134 valence electrons. The molecule has 23 heavy (non-hydrogen) atoms. The van der Waals surface area contributed by atoms with Crippen LogP contribution in [0.25, 0.3) is 0 Å². The van der Waals surface area contributed by atoms with Gasteiger partial charge in [-0.05, 0) is 48.9 Å². The normalized spacial score (nSPS) is 10.6. The van der Waals surface area contributed by atoms with Crippen molar-refractivity contribution >= 4 is 11.6 Å². The van der Waals surface area contributed by atoms with Crippen LogP contribution in [0, 0.1) is 13.8 Å². The molecule has 0 aromatic heterocycles. The van der Waals surface area contributed by atoms with Gasteiger partial charge in [-0.2, -0.15) is 0 Å². The maximum absolute atomic E-state index is 6.09. The highest BCUT2D eigenvalue weighted by Gasteiger charge is 2.07. The van der Waals surface area contributed by atoms with Crippen LogP contribution in [0.15, 0.2) is 12.1 Å². The first-order valence-electron chi connectivity index (χ1n) is 9.34. The monoisotopic (exact) mass is 339 g/mol. The Morgan fingerprint density at radius 3 is 1.83 bits per heavy atom. The molecule has 0 aliphatic heterocycles. The third kappa shape index (κ3) is 8.77. The van der Waals surface area contributed by atoms with Gasteiger partial charge in [0.15, 0.2) is 0 Å². The number of hydrogen-bond donors (Lipinski definition) is 1. The SMILES string of the molecule is CCCCCCCCCCCCc1c(CCl)ccc(C)c1C.N. The van der Waals surface area contributed by atoms with Crippen molar-refractivity contribution in [3.63, 3.8) is 0 Å². The number of rotatable bonds is 12. The molecule has 0 bridgehead atoms. The van der Waals surface area contributed by atoms with Crippen LogP contribution in [0.3, 0.4) is 0 Å². The van der Waals surface area contributed by atoms with Crippen molar-refractivity contribution in [1.82, 2.24) is 6.15 Å². The van der Waals surface area contributed by atoms with E-state index in [1.807, 2.05) is 0 Å². The molecule has 0 spiro atoms. The Kier molecular flexibility index (Phi) is 13.5. The van der Waals surface area contributed by atoms with Gasteiger partial charge in [-0.25, -0.2) is 0 Å². The Hall–Kier alpha value is -0.530. The molecule has 0 heterocycles. The van der Waals surface area contributed by atoms with Gasteiger partial charge in [0, 0.05) is 5.88 Å². The summed E-state index contributed by atoms with van der Waals surface area (Å²) < 4.78 is 0. The summed E-state index contributed by atoms with van der Waals surface area (Å²) in [6.45, 7) is 6.73. The number of hydrogen-bond acceptors (Lipinski definition) is 1. The van der Waals surface area contributed by atoms with Crippen molar-refractivity contribution in [1.29, 1.82) is 0 Å². The van der Waals surface area contributed by atoms with E-state index in [4.69, 9.17) is 11.6 Å². The topological polar surface area (TPSA) is 35.0 Å². The summed E-state index contributed by atoms with van der Waals surface area (Å²) in [6, 6.07) is 4.41. The number of aryl methyl sites for hydroxylation is 1. The zero-order chi connectivity index (χ0) is 16.2. The molecular weight excluding hydrogens is 302 g/mol. The number of halogens is 1. The maximum atomic E-state index is 6.09. The van der Waals surface area contributed by atoms with Gasteiger partial charge in [-0.15, -0.1) is 11.6 Å². The van der Waals surface area contributed by atoms with Crippen LogP contribution in [0.1, 0.15) is 93.4 Å². The van der Waals surface area contributed by atoms with Gasteiger partial charge < -0.3 is 6.15 Å². The zero-order valence-corrected chi connectivity index (χ0v) is 16.5. The molecular formula is C21H38ClN. The van der Waals surface area contributed by atoms with Crippen molar-refractivity contribution in [2.75, 3.05) is 0 Å². The standard InChI is InChI=1S/C21H35Cl.H3N/c1-4-5-6-7-8-9-10-11-12-13-14-21-19(3)18(2)15-16-20(21)17-22;/h15-16H,4-14,17H2,1-3H3;1H3. The summed E-state index contributed by atoms with van der Waals surface area (Å²) in [4.78, 5) is 0. The lowest BCUT2D eigenvalue weighted by Crippen LogP contribution is -1.98. The van der Waals surface area contributed by atoms with Gasteiger partial charge in [0.1, 0.15) is 0 Å². The third-order valence-electron chi connectivity index (χ3n) is 4.89. The molecule has 0 radical (unpaired) electrons. The van der Waals surface area contributed by atoms with E-state index in [0.717, 1.165) is 0 Å². The Balaban J connectivity index is 0.00000484. The molecule has 0 atom stereocenters. The molecule has 0 saturated heterocycles. The fourth-order valence-electron chi connectivity index (χ4n) is 3.19. The highest BCUT2D eigenvalue weighted by Crippen LogP contribution is 2.22. The van der Waals surface area contributed by atoms with Gasteiger partial charge >= 0.3 is 0 Å². The minimum Gasteiger partial charge on any atom is -0.344 e. The molecule has 3 N–H and O–H groups in total. The van der Waals surface area contributed by atoms with Gasteiger partial charge in [-0.1, -0.05) is 76.8 Å². The van der Waals surface area contributed by atoms with E-state index in [1.54, 1.807) is 0 Å². The Labute approximate surface area is 149 Å². The van der Waals surface area contributed by atoms with Gasteiger partial charge in [-0.3, -0.25) is 0 Å². The lowest BCUT2D eigenvalue weighted by molar-refractivity contribution is 0.556. The molecule has 0 aliphatic rings. The van der Waals surface area contributed by atoms with Gasteiger partial charge in [0.05, 0.1) is 0 Å². The smallest absolute Gasteiger partial charge is 0.0476 e. The highest BCUT2D eigenvalue weighted by atomic mass is 35.5.